The lowest BCUT2D eigenvalue weighted by Gasteiger charge is -2.31. The van der Waals surface area contributed by atoms with Crippen molar-refractivity contribution >= 4 is 34.8 Å². The molecule has 1 heterocycles. The number of halogens is 1. The lowest BCUT2D eigenvalue weighted by atomic mass is 10.1. The predicted molar refractivity (Wildman–Crippen MR) is 89.0 cm³/mol. The fourth-order valence-electron chi connectivity index (χ4n) is 2.44. The van der Waals surface area contributed by atoms with Gasteiger partial charge in [0.1, 0.15) is 12.3 Å². The zero-order valence-corrected chi connectivity index (χ0v) is 13.2. The summed E-state index contributed by atoms with van der Waals surface area (Å²) in [6, 6.07) is 14.0. The number of rotatable bonds is 3. The largest absolute Gasteiger partial charge is 0.481 e. The first-order valence-electron chi connectivity index (χ1n) is 7.17. The van der Waals surface area contributed by atoms with Gasteiger partial charge >= 0.3 is 0 Å². The Morgan fingerprint density at radius 1 is 1.26 bits per heavy atom. The second-order valence-corrected chi connectivity index (χ2v) is 5.64. The third kappa shape index (κ3) is 3.29. The zero-order valence-electron chi connectivity index (χ0n) is 12.5. The Labute approximate surface area is 138 Å². The molecule has 0 fully saturated rings. The summed E-state index contributed by atoms with van der Waals surface area (Å²) >= 11 is 5.91. The highest BCUT2D eigenvalue weighted by atomic mass is 35.5. The Morgan fingerprint density at radius 3 is 2.83 bits per heavy atom. The monoisotopic (exact) mass is 330 g/mol. The van der Waals surface area contributed by atoms with Crippen LogP contribution in [-0.4, -0.2) is 24.5 Å². The lowest BCUT2D eigenvalue weighted by Crippen LogP contribution is -2.47. The molecule has 0 aliphatic carbocycles. The normalized spacial score (nSPS) is 14.7. The molecular weight excluding hydrogens is 316 g/mol. The van der Waals surface area contributed by atoms with E-state index in [9.17, 15) is 9.59 Å². The maximum Gasteiger partial charge on any atom is 0.268 e. The molecule has 0 radical (unpaired) electrons. The number of fused-ring (bicyclic) bond motifs is 1. The van der Waals surface area contributed by atoms with Crippen LogP contribution >= 0.6 is 11.6 Å². The van der Waals surface area contributed by atoms with Gasteiger partial charge in [0, 0.05) is 5.02 Å². The van der Waals surface area contributed by atoms with Gasteiger partial charge in [-0.1, -0.05) is 29.8 Å². The van der Waals surface area contributed by atoms with Crippen molar-refractivity contribution in [3.8, 4) is 5.75 Å². The molecule has 1 aliphatic rings. The number of hydrogen-bond acceptors (Lipinski definition) is 3. The predicted octanol–water partition coefficient (Wildman–Crippen LogP) is 3.09. The molecule has 6 heteroatoms. The number of anilines is 2. The van der Waals surface area contributed by atoms with Gasteiger partial charge in [0.25, 0.3) is 5.91 Å². The van der Waals surface area contributed by atoms with Crippen LogP contribution in [0.2, 0.25) is 5.02 Å². The van der Waals surface area contributed by atoms with Crippen LogP contribution in [0.1, 0.15) is 6.92 Å². The van der Waals surface area contributed by atoms with Crippen molar-refractivity contribution in [3.05, 3.63) is 53.6 Å². The van der Waals surface area contributed by atoms with E-state index in [1.807, 2.05) is 6.07 Å². The van der Waals surface area contributed by atoms with Crippen molar-refractivity contribution in [3.63, 3.8) is 0 Å². The number of nitrogens with one attached hydrogen (secondary N) is 1. The third-order valence-electron chi connectivity index (χ3n) is 3.49. The van der Waals surface area contributed by atoms with E-state index in [1.165, 1.54) is 4.90 Å². The molecule has 0 saturated heterocycles. The van der Waals surface area contributed by atoms with Crippen LogP contribution in [0.4, 0.5) is 11.4 Å². The van der Waals surface area contributed by atoms with Gasteiger partial charge in [0.15, 0.2) is 6.10 Å². The van der Waals surface area contributed by atoms with Crippen molar-refractivity contribution in [2.24, 2.45) is 0 Å². The molecular formula is C17H15ClN2O3. The van der Waals surface area contributed by atoms with Crippen LogP contribution in [0.3, 0.4) is 0 Å². The summed E-state index contributed by atoms with van der Waals surface area (Å²) in [6.07, 6.45) is -0.743. The molecule has 0 spiro atoms. The van der Waals surface area contributed by atoms with E-state index < -0.39 is 6.10 Å². The van der Waals surface area contributed by atoms with Crippen molar-refractivity contribution in [2.75, 3.05) is 16.8 Å². The van der Waals surface area contributed by atoms with Gasteiger partial charge < -0.3 is 10.1 Å². The fraction of sp³-hybridized carbons (Fsp3) is 0.176. The number of carbonyl (C=O) groups is 2. The van der Waals surface area contributed by atoms with Crippen LogP contribution < -0.4 is 15.0 Å². The molecule has 2 aromatic carbocycles. The standard InChI is InChI=1S/C17H15ClN2O3/c1-11(23-13-6-4-5-12(18)9-13)17(22)20-10-16(21)19-14-7-2-3-8-15(14)20/h2-9,11H,10H2,1H3,(H,19,21)/t11-/m0/s1. The highest BCUT2D eigenvalue weighted by Crippen LogP contribution is 2.29. The van der Waals surface area contributed by atoms with E-state index in [1.54, 1.807) is 49.4 Å². The first-order chi connectivity index (χ1) is 11.0. The van der Waals surface area contributed by atoms with Gasteiger partial charge in [-0.25, -0.2) is 0 Å². The average molecular weight is 331 g/mol. The Kier molecular flexibility index (Phi) is 4.21. The molecule has 1 atom stereocenters. The lowest BCUT2D eigenvalue weighted by molar-refractivity contribution is -0.126. The highest BCUT2D eigenvalue weighted by Gasteiger charge is 2.30. The topological polar surface area (TPSA) is 58.6 Å². The maximum atomic E-state index is 12.7. The average Bonchev–Trinajstić information content (AvgIpc) is 2.53. The summed E-state index contributed by atoms with van der Waals surface area (Å²) in [5, 5.41) is 3.28. The number of carbonyl (C=O) groups excluding carboxylic acids is 2. The van der Waals surface area contributed by atoms with Crippen LogP contribution in [0, 0.1) is 0 Å². The number of benzene rings is 2. The summed E-state index contributed by atoms with van der Waals surface area (Å²) in [7, 11) is 0. The quantitative estimate of drug-likeness (QED) is 0.940. The van der Waals surface area contributed by atoms with Crippen molar-refractivity contribution in [1.29, 1.82) is 0 Å². The first-order valence-corrected chi connectivity index (χ1v) is 7.55. The second kappa shape index (κ2) is 6.30. The summed E-state index contributed by atoms with van der Waals surface area (Å²) in [5.74, 6) is -0.00706. The minimum atomic E-state index is -0.743. The number of hydrogen-bond donors (Lipinski definition) is 1. The summed E-state index contributed by atoms with van der Waals surface area (Å²) in [4.78, 5) is 25.9. The van der Waals surface area contributed by atoms with Gasteiger partial charge in [-0.2, -0.15) is 0 Å². The number of ether oxygens (including phenoxy) is 1. The van der Waals surface area contributed by atoms with Gasteiger partial charge in [-0.15, -0.1) is 0 Å². The van der Waals surface area contributed by atoms with Gasteiger partial charge in [-0.3, -0.25) is 14.5 Å². The highest BCUT2D eigenvalue weighted by molar-refractivity contribution is 6.30. The molecule has 0 unspecified atom stereocenters. The summed E-state index contributed by atoms with van der Waals surface area (Å²) < 4.78 is 5.65. The van der Waals surface area contributed by atoms with E-state index >= 15 is 0 Å². The Hall–Kier alpha value is -2.53. The van der Waals surface area contributed by atoms with Gasteiger partial charge in [-0.05, 0) is 37.3 Å². The molecule has 5 nitrogen and oxygen atoms in total. The first kappa shape index (κ1) is 15.4. The summed E-state index contributed by atoms with van der Waals surface area (Å²) in [6.45, 7) is 1.62. The van der Waals surface area contributed by atoms with Crippen molar-refractivity contribution in [1.82, 2.24) is 0 Å². The molecule has 2 aromatic rings. The van der Waals surface area contributed by atoms with Gasteiger partial charge in [0.2, 0.25) is 5.91 Å². The fourth-order valence-corrected chi connectivity index (χ4v) is 2.62. The van der Waals surface area contributed by atoms with Crippen LogP contribution in [-0.2, 0) is 9.59 Å². The Morgan fingerprint density at radius 2 is 2.04 bits per heavy atom. The van der Waals surface area contributed by atoms with Crippen molar-refractivity contribution < 1.29 is 14.3 Å². The van der Waals surface area contributed by atoms with E-state index in [0.29, 0.717) is 22.1 Å². The van der Waals surface area contributed by atoms with E-state index in [4.69, 9.17) is 16.3 Å². The SMILES string of the molecule is C[C@H](Oc1cccc(Cl)c1)C(=O)N1CC(=O)Nc2ccccc21. The third-order valence-corrected chi connectivity index (χ3v) is 3.73. The van der Waals surface area contributed by atoms with E-state index in [-0.39, 0.29) is 18.4 Å². The Balaban J connectivity index is 1.81. The molecule has 23 heavy (non-hydrogen) atoms. The van der Waals surface area contributed by atoms with Crippen LogP contribution in [0.5, 0.6) is 5.75 Å². The molecule has 0 aromatic heterocycles. The zero-order chi connectivity index (χ0) is 16.4. The minimum Gasteiger partial charge on any atom is -0.481 e. The molecule has 3 rings (SSSR count). The molecule has 0 saturated carbocycles. The summed E-state index contributed by atoms with van der Waals surface area (Å²) in [5.41, 5.74) is 1.28. The molecule has 1 N–H and O–H groups in total. The van der Waals surface area contributed by atoms with Crippen LogP contribution in [0.25, 0.3) is 0 Å². The Bertz CT molecular complexity index is 763. The molecule has 2 amide bonds. The van der Waals surface area contributed by atoms with Gasteiger partial charge in [0.05, 0.1) is 11.4 Å². The van der Waals surface area contributed by atoms with E-state index in [2.05, 4.69) is 5.32 Å². The van der Waals surface area contributed by atoms with Crippen molar-refractivity contribution in [2.45, 2.75) is 13.0 Å². The molecule has 0 bridgehead atoms. The molecule has 118 valence electrons. The molecule has 1 aliphatic heterocycles. The minimum absolute atomic E-state index is 0.0287. The smallest absolute Gasteiger partial charge is 0.268 e. The second-order valence-electron chi connectivity index (χ2n) is 5.21. The van der Waals surface area contributed by atoms with E-state index in [0.717, 1.165) is 0 Å². The number of para-hydroxylation sites is 2. The van der Waals surface area contributed by atoms with Crippen LogP contribution in [0.15, 0.2) is 48.5 Å². The number of amides is 2. The number of nitrogens with zero attached hydrogens (tertiary/aromatic N) is 1. The maximum absolute atomic E-state index is 12.7.